The summed E-state index contributed by atoms with van der Waals surface area (Å²) in [6.07, 6.45) is 9.94. The number of rotatable bonds is 14. The highest BCUT2D eigenvalue weighted by atomic mass is 32.1. The molecule has 0 spiro atoms. The van der Waals surface area contributed by atoms with Crippen LogP contribution in [-0.4, -0.2) is 34.7 Å². The van der Waals surface area contributed by atoms with Crippen LogP contribution >= 0.6 is 25.3 Å². The van der Waals surface area contributed by atoms with E-state index in [1.54, 1.807) is 0 Å². The number of esters is 1. The van der Waals surface area contributed by atoms with Gasteiger partial charge in [0, 0.05) is 0 Å². The highest BCUT2D eigenvalue weighted by Crippen LogP contribution is 2.20. The molecule has 0 saturated heterocycles. The number of thiol groups is 2. The summed E-state index contributed by atoms with van der Waals surface area (Å²) in [5.41, 5.74) is 0. The van der Waals surface area contributed by atoms with Gasteiger partial charge in [-0.25, -0.2) is 0 Å². The summed E-state index contributed by atoms with van der Waals surface area (Å²) in [7, 11) is 0. The Hall–Kier alpha value is -0.360. The average molecular weight is 409 g/mol. The topological polar surface area (TPSA) is 63.6 Å². The van der Waals surface area contributed by atoms with Gasteiger partial charge >= 0.3 is 11.9 Å². The van der Waals surface area contributed by atoms with Crippen molar-refractivity contribution in [3.63, 3.8) is 0 Å². The average Bonchev–Trinajstić information content (AvgIpc) is 2.65. The van der Waals surface area contributed by atoms with E-state index in [1.807, 2.05) is 0 Å². The van der Waals surface area contributed by atoms with Gasteiger partial charge in [-0.1, -0.05) is 72.6 Å². The van der Waals surface area contributed by atoms with Crippen molar-refractivity contribution in [1.82, 2.24) is 0 Å². The molecule has 0 heterocycles. The summed E-state index contributed by atoms with van der Waals surface area (Å²) >= 11 is 7.88. The SMILES string of the molecule is CCCCC(CC)CC(S)C(=O)O.CCCCC(CC)COC(=O)CS. The second-order valence-corrected chi connectivity index (χ2v) is 7.70. The number of carbonyl (C=O) groups is 2. The molecule has 0 aromatic heterocycles. The molecule has 6 heteroatoms. The second kappa shape index (κ2) is 19.4. The molecule has 0 aliphatic rings. The minimum absolute atomic E-state index is 0.185. The van der Waals surface area contributed by atoms with E-state index in [-0.39, 0.29) is 11.7 Å². The van der Waals surface area contributed by atoms with Crippen LogP contribution in [0.5, 0.6) is 0 Å². The van der Waals surface area contributed by atoms with Crippen LogP contribution in [-0.2, 0) is 14.3 Å². The summed E-state index contributed by atoms with van der Waals surface area (Å²) in [5, 5.41) is 8.19. The molecule has 26 heavy (non-hydrogen) atoms. The molecule has 3 unspecified atom stereocenters. The lowest BCUT2D eigenvalue weighted by atomic mass is 9.94. The van der Waals surface area contributed by atoms with Gasteiger partial charge in [0.25, 0.3) is 0 Å². The molecule has 0 aromatic rings. The molecule has 0 saturated carbocycles. The summed E-state index contributed by atoms with van der Waals surface area (Å²) in [5.74, 6) is 0.239. The van der Waals surface area contributed by atoms with Crippen molar-refractivity contribution in [2.45, 2.75) is 90.7 Å². The van der Waals surface area contributed by atoms with E-state index in [1.165, 1.54) is 25.7 Å². The number of carboxylic acids is 1. The van der Waals surface area contributed by atoms with Crippen molar-refractivity contribution in [2.75, 3.05) is 12.4 Å². The summed E-state index contributed by atoms with van der Waals surface area (Å²) in [4.78, 5) is 21.4. The van der Waals surface area contributed by atoms with Crippen molar-refractivity contribution in [2.24, 2.45) is 11.8 Å². The smallest absolute Gasteiger partial charge is 0.316 e. The number of unbranched alkanes of at least 4 members (excludes halogenated alkanes) is 2. The van der Waals surface area contributed by atoms with Crippen LogP contribution in [0.15, 0.2) is 0 Å². The Balaban J connectivity index is 0. The van der Waals surface area contributed by atoms with Gasteiger partial charge in [-0.05, 0) is 24.7 Å². The fraction of sp³-hybridized carbons (Fsp3) is 0.900. The first kappa shape index (κ1) is 27.9. The van der Waals surface area contributed by atoms with Gasteiger partial charge in [-0.15, -0.1) is 0 Å². The quantitative estimate of drug-likeness (QED) is 0.257. The molecule has 1 N–H and O–H groups in total. The predicted octanol–water partition coefficient (Wildman–Crippen LogP) is 5.65. The van der Waals surface area contributed by atoms with Gasteiger partial charge < -0.3 is 9.84 Å². The molecule has 4 nitrogen and oxygen atoms in total. The molecule has 0 bridgehead atoms. The van der Waals surface area contributed by atoms with Crippen LogP contribution in [0, 0.1) is 11.8 Å². The minimum atomic E-state index is -0.793. The first-order chi connectivity index (χ1) is 12.4. The number of hydrogen-bond donors (Lipinski definition) is 3. The molecular weight excluding hydrogens is 368 g/mol. The van der Waals surface area contributed by atoms with Crippen molar-refractivity contribution < 1.29 is 19.4 Å². The lowest BCUT2D eigenvalue weighted by molar-refractivity contribution is -0.142. The first-order valence-electron chi connectivity index (χ1n) is 10.0. The van der Waals surface area contributed by atoms with Crippen molar-refractivity contribution in [3.8, 4) is 0 Å². The lowest BCUT2D eigenvalue weighted by Crippen LogP contribution is -2.17. The number of ether oxygens (including phenoxy) is 1. The summed E-state index contributed by atoms with van der Waals surface area (Å²) in [6.45, 7) is 9.14. The Kier molecular flexibility index (Phi) is 20.8. The van der Waals surface area contributed by atoms with Gasteiger partial charge in [0.2, 0.25) is 0 Å². The van der Waals surface area contributed by atoms with Crippen molar-refractivity contribution in [1.29, 1.82) is 0 Å². The maximum absolute atomic E-state index is 10.8. The van der Waals surface area contributed by atoms with Crippen molar-refractivity contribution >= 4 is 37.2 Å². The van der Waals surface area contributed by atoms with Gasteiger partial charge in [0.15, 0.2) is 0 Å². The zero-order valence-electron chi connectivity index (χ0n) is 17.1. The van der Waals surface area contributed by atoms with E-state index in [0.717, 1.165) is 25.7 Å². The monoisotopic (exact) mass is 408 g/mol. The first-order valence-corrected chi connectivity index (χ1v) is 11.2. The van der Waals surface area contributed by atoms with E-state index in [0.29, 0.717) is 24.9 Å². The predicted molar refractivity (Wildman–Crippen MR) is 116 cm³/mol. The number of aliphatic carboxylic acids is 1. The molecule has 0 amide bonds. The molecule has 0 fully saturated rings. The fourth-order valence-electron chi connectivity index (χ4n) is 2.55. The lowest BCUT2D eigenvalue weighted by Gasteiger charge is -2.15. The third kappa shape index (κ3) is 17.1. The summed E-state index contributed by atoms with van der Waals surface area (Å²) < 4.78 is 5.03. The van der Waals surface area contributed by atoms with Crippen LogP contribution in [0.2, 0.25) is 0 Å². The van der Waals surface area contributed by atoms with E-state index in [4.69, 9.17) is 9.84 Å². The van der Waals surface area contributed by atoms with Gasteiger partial charge in [-0.3, -0.25) is 9.59 Å². The maximum atomic E-state index is 10.8. The Morgan fingerprint density at radius 3 is 1.85 bits per heavy atom. The molecule has 0 aliphatic heterocycles. The Bertz CT molecular complexity index is 349. The molecule has 3 atom stereocenters. The fourth-order valence-corrected chi connectivity index (χ4v) is 2.94. The minimum Gasteiger partial charge on any atom is -0.480 e. The zero-order valence-corrected chi connectivity index (χ0v) is 18.9. The van der Waals surface area contributed by atoms with Crippen molar-refractivity contribution in [3.05, 3.63) is 0 Å². The van der Waals surface area contributed by atoms with E-state index < -0.39 is 11.2 Å². The number of carboxylic acid groups (broad SMARTS) is 1. The Labute approximate surface area is 171 Å². The van der Waals surface area contributed by atoms with Gasteiger partial charge in [0.05, 0.1) is 17.6 Å². The highest BCUT2D eigenvalue weighted by Gasteiger charge is 2.17. The molecule has 0 aliphatic carbocycles. The zero-order chi connectivity index (χ0) is 20.4. The van der Waals surface area contributed by atoms with Gasteiger partial charge in [0.1, 0.15) is 0 Å². The van der Waals surface area contributed by atoms with Crippen LogP contribution in [0.4, 0.5) is 0 Å². The molecule has 0 aromatic carbocycles. The third-order valence-electron chi connectivity index (χ3n) is 4.54. The number of hydrogen-bond acceptors (Lipinski definition) is 5. The second-order valence-electron chi connectivity index (χ2n) is 6.76. The van der Waals surface area contributed by atoms with Crippen LogP contribution in [0.1, 0.15) is 85.5 Å². The van der Waals surface area contributed by atoms with E-state index in [2.05, 4.69) is 53.0 Å². The normalized spacial score (nSPS) is 13.9. The molecular formula is C20H40O4S2. The van der Waals surface area contributed by atoms with Crippen LogP contribution in [0.25, 0.3) is 0 Å². The van der Waals surface area contributed by atoms with E-state index >= 15 is 0 Å². The van der Waals surface area contributed by atoms with E-state index in [9.17, 15) is 9.59 Å². The Morgan fingerprint density at radius 2 is 1.46 bits per heavy atom. The Morgan fingerprint density at radius 1 is 0.962 bits per heavy atom. The molecule has 156 valence electrons. The van der Waals surface area contributed by atoms with Crippen LogP contribution in [0.3, 0.4) is 0 Å². The highest BCUT2D eigenvalue weighted by molar-refractivity contribution is 7.81. The van der Waals surface area contributed by atoms with Gasteiger partial charge in [-0.2, -0.15) is 25.3 Å². The van der Waals surface area contributed by atoms with Crippen LogP contribution < -0.4 is 0 Å². The molecule has 0 radical (unpaired) electrons. The summed E-state index contributed by atoms with van der Waals surface area (Å²) in [6, 6.07) is 0. The standard InChI is InChI=1S/2C10H20O2S/c1-3-5-6-9(4-2)7-12-10(11)8-13;1-3-5-6-8(4-2)7-9(13)10(11)12/h9,13H,3-8H2,1-2H3;8-9,13H,3-7H2,1-2H3,(H,11,12). The molecule has 0 rings (SSSR count). The third-order valence-corrected chi connectivity index (χ3v) is 5.23. The maximum Gasteiger partial charge on any atom is 0.316 e. The largest absolute Gasteiger partial charge is 0.480 e. The number of carbonyl (C=O) groups excluding carboxylic acids is 1.